The van der Waals surface area contributed by atoms with E-state index in [1.165, 1.54) is 19.3 Å². The number of rotatable bonds is 11. The smallest absolute Gasteiger partial charge is 0.412 e. The Balaban J connectivity index is 1.34. The lowest BCUT2D eigenvalue weighted by molar-refractivity contribution is -0.138. The van der Waals surface area contributed by atoms with Gasteiger partial charge in [-0.1, -0.05) is 37.3 Å². The summed E-state index contributed by atoms with van der Waals surface area (Å²) in [5.41, 5.74) is 3.86. The maximum Gasteiger partial charge on any atom is 0.412 e. The van der Waals surface area contributed by atoms with Gasteiger partial charge in [0.1, 0.15) is 12.3 Å². The highest BCUT2D eigenvalue weighted by atomic mass is 16.6. The molecule has 0 aliphatic heterocycles. The number of hydrogen-bond acceptors (Lipinski definition) is 5. The molecule has 4 fully saturated rings. The first-order chi connectivity index (χ1) is 20.1. The van der Waals surface area contributed by atoms with E-state index < -0.39 is 24.6 Å². The third-order valence-electron chi connectivity index (χ3n) is 9.02. The quantitative estimate of drug-likeness (QED) is 0.269. The van der Waals surface area contributed by atoms with E-state index in [0.29, 0.717) is 23.5 Å². The average molecular weight is 575 g/mol. The van der Waals surface area contributed by atoms with Crippen molar-refractivity contribution >= 4 is 30.0 Å². The first-order valence-electron chi connectivity index (χ1n) is 14.7. The molecule has 2 aromatic carbocycles. The van der Waals surface area contributed by atoms with Crippen molar-refractivity contribution in [3.63, 3.8) is 0 Å². The number of aliphatic carboxylic acids is 2. The summed E-state index contributed by atoms with van der Waals surface area (Å²) < 4.78 is 5.94. The molecule has 0 heterocycles. The molecule has 0 saturated heterocycles. The Morgan fingerprint density at radius 2 is 1.55 bits per heavy atom. The van der Waals surface area contributed by atoms with Crippen molar-refractivity contribution in [3.05, 3.63) is 59.7 Å². The first kappa shape index (κ1) is 29.4. The van der Waals surface area contributed by atoms with Gasteiger partial charge in [-0.3, -0.25) is 9.59 Å². The number of carboxylic acids is 2. The first-order valence-corrected chi connectivity index (χ1v) is 14.7. The van der Waals surface area contributed by atoms with Crippen molar-refractivity contribution in [1.29, 1.82) is 0 Å². The van der Waals surface area contributed by atoms with Crippen LogP contribution in [-0.4, -0.2) is 47.2 Å². The summed E-state index contributed by atoms with van der Waals surface area (Å²) in [6.45, 7) is 1.59. The normalized spacial score (nSPS) is 24.7. The second kappa shape index (κ2) is 12.4. The van der Waals surface area contributed by atoms with Crippen LogP contribution in [0.5, 0.6) is 5.75 Å². The molecule has 0 radical (unpaired) electrons. The number of amides is 2. The van der Waals surface area contributed by atoms with Gasteiger partial charge in [-0.15, -0.1) is 0 Å². The fraction of sp³-hybridized carbons (Fsp3) is 0.455. The molecule has 222 valence electrons. The summed E-state index contributed by atoms with van der Waals surface area (Å²) in [5.74, 6) is -0.0143. The number of carboxylic acid groups (broad SMARTS) is 2. The molecule has 6 rings (SSSR count). The van der Waals surface area contributed by atoms with E-state index in [1.807, 2.05) is 36.4 Å². The van der Waals surface area contributed by atoms with Gasteiger partial charge in [0.2, 0.25) is 5.91 Å². The van der Waals surface area contributed by atoms with Gasteiger partial charge in [0.05, 0.1) is 0 Å². The van der Waals surface area contributed by atoms with Crippen LogP contribution >= 0.6 is 0 Å². The van der Waals surface area contributed by atoms with Crippen LogP contribution in [0.15, 0.2) is 48.5 Å². The predicted octanol–water partition coefficient (Wildman–Crippen LogP) is 5.23. The van der Waals surface area contributed by atoms with Gasteiger partial charge in [0.15, 0.2) is 0 Å². The Bertz CT molecular complexity index is 1350. The van der Waals surface area contributed by atoms with Crippen LogP contribution in [0.25, 0.3) is 17.2 Å². The van der Waals surface area contributed by atoms with Crippen LogP contribution in [0.1, 0.15) is 63.0 Å². The molecule has 0 spiro atoms. The second-order valence-corrected chi connectivity index (χ2v) is 12.5. The monoisotopic (exact) mass is 574 g/mol. The Kier molecular flexibility index (Phi) is 8.66. The number of benzene rings is 2. The van der Waals surface area contributed by atoms with E-state index in [0.717, 1.165) is 47.6 Å². The zero-order chi connectivity index (χ0) is 29.9. The molecular weight excluding hydrogens is 536 g/mol. The molecule has 2 aromatic rings. The molecule has 2 amide bonds. The number of nitrogens with one attached hydrogen (secondary N) is 2. The summed E-state index contributed by atoms with van der Waals surface area (Å²) in [6.07, 6.45) is 9.35. The van der Waals surface area contributed by atoms with E-state index in [9.17, 15) is 19.2 Å². The molecule has 42 heavy (non-hydrogen) atoms. The minimum atomic E-state index is -1.11. The van der Waals surface area contributed by atoms with E-state index in [2.05, 4.69) is 16.7 Å². The van der Waals surface area contributed by atoms with Gasteiger partial charge in [-0.2, -0.15) is 0 Å². The highest BCUT2D eigenvalue weighted by molar-refractivity contribution is 5.85. The summed E-state index contributed by atoms with van der Waals surface area (Å²) >= 11 is 0. The molecular formula is C33H38N2O7. The van der Waals surface area contributed by atoms with Gasteiger partial charge in [-0.25, -0.2) is 9.59 Å². The van der Waals surface area contributed by atoms with Crippen molar-refractivity contribution in [2.45, 2.75) is 57.3 Å². The van der Waals surface area contributed by atoms with E-state index in [-0.39, 0.29) is 30.2 Å². The SMILES string of the molecule is C[C@H](CNC(=O)Oc1ccc(-c2ccc(/C=C/C(=O)O)cc2)cc1C12CC3CC(CC(C3)C1)C2)CC(=O)NCC(=O)O. The predicted molar refractivity (Wildman–Crippen MR) is 157 cm³/mol. The summed E-state index contributed by atoms with van der Waals surface area (Å²) in [7, 11) is 0. The van der Waals surface area contributed by atoms with E-state index in [4.69, 9.17) is 14.9 Å². The summed E-state index contributed by atoms with van der Waals surface area (Å²) in [6, 6.07) is 13.7. The highest BCUT2D eigenvalue weighted by Crippen LogP contribution is 2.62. The zero-order valence-corrected chi connectivity index (χ0v) is 23.8. The van der Waals surface area contributed by atoms with E-state index in [1.54, 1.807) is 13.0 Å². The third-order valence-corrected chi connectivity index (χ3v) is 9.02. The number of hydrogen-bond donors (Lipinski definition) is 4. The molecule has 9 heteroatoms. The van der Waals surface area contributed by atoms with Crippen LogP contribution in [0.3, 0.4) is 0 Å². The van der Waals surface area contributed by atoms with Gasteiger partial charge in [0, 0.05) is 24.6 Å². The number of ether oxygens (including phenoxy) is 1. The highest BCUT2D eigenvalue weighted by Gasteiger charge is 2.52. The topological polar surface area (TPSA) is 142 Å². The number of carbonyl (C=O) groups is 4. The minimum Gasteiger partial charge on any atom is -0.480 e. The molecule has 4 aliphatic rings. The average Bonchev–Trinajstić information content (AvgIpc) is 2.93. The van der Waals surface area contributed by atoms with Gasteiger partial charge in [-0.05, 0) is 103 Å². The number of carbonyl (C=O) groups excluding carboxylic acids is 2. The fourth-order valence-electron chi connectivity index (χ4n) is 7.64. The maximum absolute atomic E-state index is 12.9. The molecule has 1 atom stereocenters. The van der Waals surface area contributed by atoms with Crippen molar-refractivity contribution in [2.75, 3.05) is 13.1 Å². The van der Waals surface area contributed by atoms with Crippen molar-refractivity contribution in [2.24, 2.45) is 23.7 Å². The minimum absolute atomic E-state index is 0.0277. The second-order valence-electron chi connectivity index (χ2n) is 12.5. The van der Waals surface area contributed by atoms with Crippen LogP contribution in [0, 0.1) is 23.7 Å². The Hall–Kier alpha value is -4.14. The molecule has 0 aromatic heterocycles. The fourth-order valence-corrected chi connectivity index (χ4v) is 7.64. The van der Waals surface area contributed by atoms with Gasteiger partial charge >= 0.3 is 18.0 Å². The lowest BCUT2D eigenvalue weighted by atomic mass is 9.48. The third kappa shape index (κ3) is 7.01. The largest absolute Gasteiger partial charge is 0.480 e. The van der Waals surface area contributed by atoms with Crippen LogP contribution in [0.2, 0.25) is 0 Å². The van der Waals surface area contributed by atoms with Crippen LogP contribution in [0.4, 0.5) is 4.79 Å². The standard InChI is InChI=1S/C33H38N2O7/c1-20(10-29(36)34-19-31(39)40)18-35-32(41)42-28-8-7-26(25-5-2-21(3-6-25)4-9-30(37)38)14-27(28)33-15-22-11-23(16-33)13-24(12-22)17-33/h2-9,14,20,22-24H,10-13,15-19H2,1H3,(H,34,36)(H,35,41)(H,37,38)(H,39,40)/b9-4+/t20-,22?,23?,24?,33?/m0/s1. The molecule has 0 unspecified atom stereocenters. The van der Waals surface area contributed by atoms with Crippen molar-refractivity contribution in [1.82, 2.24) is 10.6 Å². The summed E-state index contributed by atoms with van der Waals surface area (Å²) in [5, 5.41) is 22.7. The van der Waals surface area contributed by atoms with Crippen molar-refractivity contribution < 1.29 is 34.1 Å². The molecule has 9 nitrogen and oxygen atoms in total. The molecule has 4 N–H and O–H groups in total. The lowest BCUT2D eigenvalue weighted by Gasteiger charge is -2.57. The van der Waals surface area contributed by atoms with Gasteiger partial charge < -0.3 is 25.6 Å². The Labute approximate surface area is 245 Å². The summed E-state index contributed by atoms with van der Waals surface area (Å²) in [4.78, 5) is 46.4. The molecule has 4 bridgehead atoms. The van der Waals surface area contributed by atoms with Crippen LogP contribution < -0.4 is 15.4 Å². The Morgan fingerprint density at radius 1 is 0.929 bits per heavy atom. The lowest BCUT2D eigenvalue weighted by Crippen LogP contribution is -2.48. The van der Waals surface area contributed by atoms with Crippen molar-refractivity contribution in [3.8, 4) is 16.9 Å². The molecule has 4 saturated carbocycles. The molecule has 4 aliphatic carbocycles. The zero-order valence-electron chi connectivity index (χ0n) is 23.8. The van der Waals surface area contributed by atoms with Crippen LogP contribution in [-0.2, 0) is 19.8 Å². The maximum atomic E-state index is 12.9. The van der Waals surface area contributed by atoms with E-state index >= 15 is 0 Å². The Morgan fingerprint density at radius 3 is 2.14 bits per heavy atom. The van der Waals surface area contributed by atoms with Gasteiger partial charge in [0.25, 0.3) is 0 Å².